The second-order valence-electron chi connectivity index (χ2n) is 10.3. The maximum absolute atomic E-state index is 15.4. The average molecular weight is 502 g/mol. The van der Waals surface area contributed by atoms with Crippen LogP contribution in [0.4, 0.5) is 4.39 Å². The molecule has 4 nitrogen and oxygen atoms in total. The minimum Gasteiger partial charge on any atom is -0.381 e. The van der Waals surface area contributed by atoms with Gasteiger partial charge in [-0.3, -0.25) is 9.59 Å². The molecule has 5 aliphatic rings. The second kappa shape index (κ2) is 5.67. The number of hydrogen-bond donors (Lipinski definition) is 1. The highest BCUT2D eigenvalue weighted by molar-refractivity contribution is 14.1. The Hall–Kier alpha value is -0.340. The molecule has 0 bridgehead atoms. The quantitative estimate of drug-likeness (QED) is 0.356. The summed E-state index contributed by atoms with van der Waals surface area (Å²) in [4.78, 5) is 24.9. The Labute approximate surface area is 178 Å². The fraction of sp³-hybridized carbons (Fsp3) is 0.818. The minimum atomic E-state index is -1.37. The van der Waals surface area contributed by atoms with Crippen LogP contribution < -0.4 is 0 Å². The van der Waals surface area contributed by atoms with Gasteiger partial charge in [0.15, 0.2) is 11.6 Å². The molecular formula is C22H28FIO4. The third kappa shape index (κ3) is 1.94. The standard InChI is InChI=1S/C22H28FIO4/c1-11-6-13-14-8-16(23)15-7-12(25)4-5-19(15,2)22(14)18(28-22)9-20(13,3)21(11,27)17(26)10-24/h7,11,13-14,16,18,27H,4-6,8-10H2,1-3H3/t11-,13?,14?,16+,18+,19+,20+,21+,22-/m1/s1. The molecule has 1 spiro atoms. The van der Waals surface area contributed by atoms with E-state index < -0.39 is 28.2 Å². The fourth-order valence-corrected chi connectivity index (χ4v) is 8.62. The van der Waals surface area contributed by atoms with Gasteiger partial charge in [0, 0.05) is 17.3 Å². The van der Waals surface area contributed by atoms with Gasteiger partial charge in [0.2, 0.25) is 0 Å². The van der Waals surface area contributed by atoms with Crippen LogP contribution >= 0.6 is 22.6 Å². The summed E-state index contributed by atoms with van der Waals surface area (Å²) in [7, 11) is 0. The highest BCUT2D eigenvalue weighted by Gasteiger charge is 2.83. The number of carbonyl (C=O) groups is 2. The lowest BCUT2D eigenvalue weighted by molar-refractivity contribution is -0.161. The van der Waals surface area contributed by atoms with E-state index in [1.54, 1.807) is 6.08 Å². The molecule has 2 unspecified atom stereocenters. The Kier molecular flexibility index (Phi) is 3.97. The lowest BCUT2D eigenvalue weighted by Gasteiger charge is -2.57. The third-order valence-electron chi connectivity index (χ3n) is 9.45. The van der Waals surface area contributed by atoms with Crippen molar-refractivity contribution in [1.29, 1.82) is 0 Å². The van der Waals surface area contributed by atoms with Gasteiger partial charge in [0.05, 0.1) is 10.5 Å². The monoisotopic (exact) mass is 502 g/mol. The van der Waals surface area contributed by atoms with Crippen LogP contribution in [0.1, 0.15) is 52.9 Å². The first-order chi connectivity index (χ1) is 13.1. The molecule has 1 heterocycles. The number of alkyl halides is 2. The predicted octanol–water partition coefficient (Wildman–Crippen LogP) is 3.58. The van der Waals surface area contributed by atoms with E-state index in [0.717, 1.165) is 6.42 Å². The summed E-state index contributed by atoms with van der Waals surface area (Å²) in [6.45, 7) is 6.07. The normalized spacial score (nSPS) is 56.9. The number of carbonyl (C=O) groups excluding carboxylic acids is 2. The molecule has 1 saturated heterocycles. The van der Waals surface area contributed by atoms with Crippen LogP contribution in [0.5, 0.6) is 0 Å². The van der Waals surface area contributed by atoms with Crippen LogP contribution in [-0.2, 0) is 14.3 Å². The molecule has 0 radical (unpaired) electrons. The zero-order chi connectivity index (χ0) is 20.3. The first-order valence-electron chi connectivity index (χ1n) is 10.4. The number of hydrogen-bond acceptors (Lipinski definition) is 4. The number of ether oxygens (including phenoxy) is 1. The molecule has 9 atom stereocenters. The smallest absolute Gasteiger partial charge is 0.174 e. The Bertz CT molecular complexity index is 812. The van der Waals surface area contributed by atoms with Crippen molar-refractivity contribution in [2.24, 2.45) is 28.6 Å². The lowest BCUT2D eigenvalue weighted by atomic mass is 9.45. The molecule has 3 saturated carbocycles. The Morgan fingerprint density at radius 3 is 2.75 bits per heavy atom. The summed E-state index contributed by atoms with van der Waals surface area (Å²) < 4.78 is 22.1. The van der Waals surface area contributed by atoms with Gasteiger partial charge in [0.25, 0.3) is 0 Å². The van der Waals surface area contributed by atoms with Crippen molar-refractivity contribution < 1.29 is 23.8 Å². The van der Waals surface area contributed by atoms with Crippen molar-refractivity contribution in [2.45, 2.75) is 76.4 Å². The molecule has 4 fully saturated rings. The van der Waals surface area contributed by atoms with Crippen LogP contribution in [0.25, 0.3) is 0 Å². The SMILES string of the molecule is C[C@@H]1CC2C3C[C@H](F)C4=CC(=O)CC[C@]4(C)[C@@]34O[C@H]4C[C@]2(C)[C@@]1(O)C(=O)CI. The summed E-state index contributed by atoms with van der Waals surface area (Å²) in [6, 6.07) is 0. The summed E-state index contributed by atoms with van der Waals surface area (Å²) in [5.74, 6) is -0.219. The van der Waals surface area contributed by atoms with E-state index in [1.807, 2.05) is 36.4 Å². The molecule has 0 aromatic carbocycles. The fourth-order valence-electron chi connectivity index (χ4n) is 8.04. The number of fused-ring (bicyclic) bond motifs is 3. The maximum atomic E-state index is 15.4. The molecule has 0 aromatic heterocycles. The van der Waals surface area contributed by atoms with Crippen LogP contribution in [0.15, 0.2) is 11.6 Å². The molecule has 1 N–H and O–H groups in total. The van der Waals surface area contributed by atoms with Crippen molar-refractivity contribution in [2.75, 3.05) is 4.43 Å². The van der Waals surface area contributed by atoms with Crippen molar-refractivity contribution in [3.8, 4) is 0 Å². The van der Waals surface area contributed by atoms with Gasteiger partial charge in [-0.05, 0) is 55.1 Å². The summed E-state index contributed by atoms with van der Waals surface area (Å²) in [6.07, 6.45) is 3.05. The summed E-state index contributed by atoms with van der Waals surface area (Å²) >= 11 is 2.04. The second-order valence-corrected chi connectivity index (χ2v) is 11.1. The van der Waals surface area contributed by atoms with Gasteiger partial charge in [0.1, 0.15) is 17.4 Å². The van der Waals surface area contributed by atoms with Gasteiger partial charge in [-0.2, -0.15) is 0 Å². The Morgan fingerprint density at radius 2 is 2.07 bits per heavy atom. The average Bonchev–Trinajstić information content (AvgIpc) is 3.34. The molecule has 4 aliphatic carbocycles. The number of halogens is 2. The summed E-state index contributed by atoms with van der Waals surface area (Å²) in [5, 5.41) is 11.6. The molecule has 1 aliphatic heterocycles. The van der Waals surface area contributed by atoms with Crippen molar-refractivity contribution >= 4 is 34.2 Å². The van der Waals surface area contributed by atoms with Gasteiger partial charge < -0.3 is 9.84 Å². The molecule has 0 amide bonds. The first-order valence-corrected chi connectivity index (χ1v) is 12.0. The third-order valence-corrected chi connectivity index (χ3v) is 10.1. The molecule has 0 aromatic rings. The van der Waals surface area contributed by atoms with E-state index in [2.05, 4.69) is 6.92 Å². The van der Waals surface area contributed by atoms with Crippen LogP contribution in [0.2, 0.25) is 0 Å². The molecule has 6 heteroatoms. The highest BCUT2D eigenvalue weighted by Crippen LogP contribution is 2.77. The largest absolute Gasteiger partial charge is 0.381 e. The van der Waals surface area contributed by atoms with Gasteiger partial charge in [-0.25, -0.2) is 4.39 Å². The van der Waals surface area contributed by atoms with Crippen LogP contribution in [0, 0.1) is 28.6 Å². The summed E-state index contributed by atoms with van der Waals surface area (Å²) in [5.41, 5.74) is -2.25. The highest BCUT2D eigenvalue weighted by atomic mass is 127. The number of Topliss-reactive ketones (excluding diaryl/α,β-unsaturated/α-hetero) is 1. The zero-order valence-electron chi connectivity index (χ0n) is 16.6. The lowest BCUT2D eigenvalue weighted by Crippen LogP contribution is -2.63. The van der Waals surface area contributed by atoms with Crippen LogP contribution in [0.3, 0.4) is 0 Å². The topological polar surface area (TPSA) is 66.9 Å². The number of ketones is 2. The predicted molar refractivity (Wildman–Crippen MR) is 110 cm³/mol. The maximum Gasteiger partial charge on any atom is 0.174 e. The zero-order valence-corrected chi connectivity index (χ0v) is 18.8. The number of aliphatic hydroxyl groups is 1. The first kappa shape index (κ1) is 19.6. The van der Waals surface area contributed by atoms with Gasteiger partial charge >= 0.3 is 0 Å². The van der Waals surface area contributed by atoms with E-state index in [4.69, 9.17) is 4.74 Å². The van der Waals surface area contributed by atoms with E-state index in [9.17, 15) is 14.7 Å². The van der Waals surface area contributed by atoms with E-state index in [-0.39, 0.29) is 39.9 Å². The van der Waals surface area contributed by atoms with Crippen molar-refractivity contribution in [3.05, 3.63) is 11.6 Å². The minimum absolute atomic E-state index is 0.0133. The Balaban J connectivity index is 1.62. The van der Waals surface area contributed by atoms with Gasteiger partial charge in [-0.15, -0.1) is 0 Å². The molecule has 154 valence electrons. The van der Waals surface area contributed by atoms with E-state index in [1.165, 1.54) is 0 Å². The van der Waals surface area contributed by atoms with Crippen molar-refractivity contribution in [3.63, 3.8) is 0 Å². The number of rotatable bonds is 2. The van der Waals surface area contributed by atoms with Crippen LogP contribution in [-0.4, -0.2) is 44.6 Å². The molecule has 28 heavy (non-hydrogen) atoms. The van der Waals surface area contributed by atoms with E-state index in [0.29, 0.717) is 31.3 Å². The Morgan fingerprint density at radius 1 is 1.36 bits per heavy atom. The molecule has 5 rings (SSSR count). The number of epoxide rings is 1. The van der Waals surface area contributed by atoms with E-state index >= 15 is 4.39 Å². The molecular weight excluding hydrogens is 474 g/mol. The van der Waals surface area contributed by atoms with Crippen molar-refractivity contribution in [1.82, 2.24) is 0 Å². The van der Waals surface area contributed by atoms with Gasteiger partial charge in [-0.1, -0.05) is 43.4 Å².